The van der Waals surface area contributed by atoms with Gasteiger partial charge in [0.25, 0.3) is 0 Å². The number of hydrogen-bond acceptors (Lipinski definition) is 5. The van der Waals surface area contributed by atoms with Gasteiger partial charge in [0.05, 0.1) is 14.2 Å². The molecule has 7 heteroatoms. The van der Waals surface area contributed by atoms with Crippen LogP contribution in [0.3, 0.4) is 0 Å². The number of benzene rings is 2. The molecule has 0 heterocycles. The largest absolute Gasteiger partial charge is 0.497 e. The summed E-state index contributed by atoms with van der Waals surface area (Å²) in [5, 5.41) is 11.4. The van der Waals surface area contributed by atoms with Gasteiger partial charge in [0.1, 0.15) is 17.2 Å². The van der Waals surface area contributed by atoms with Gasteiger partial charge in [-0.05, 0) is 36.6 Å². The van der Waals surface area contributed by atoms with Crippen LogP contribution in [-0.2, 0) is 16.0 Å². The Morgan fingerprint density at radius 2 is 1.85 bits per heavy atom. The molecule has 0 radical (unpaired) electrons. The molecule has 2 N–H and O–H groups in total. The number of carbonyl (C=O) groups is 2. The average Bonchev–Trinajstić information content (AvgIpc) is 2.66. The second-order valence-corrected chi connectivity index (χ2v) is 5.79. The summed E-state index contributed by atoms with van der Waals surface area (Å²) < 4.78 is 15.6. The second-order valence-electron chi connectivity index (χ2n) is 5.79. The van der Waals surface area contributed by atoms with Crippen LogP contribution in [0.2, 0.25) is 0 Å². The Kier molecular flexibility index (Phi) is 7.49. The lowest BCUT2D eigenvalue weighted by molar-refractivity contribution is -0.139. The SMILES string of the molecule is COc1ccc(CCCC(=O)Nc2cccc(OCC(=O)O)c2)c(OC)c1. The molecule has 0 fully saturated rings. The third-order valence-electron chi connectivity index (χ3n) is 3.82. The summed E-state index contributed by atoms with van der Waals surface area (Å²) in [6.07, 6.45) is 1.70. The lowest BCUT2D eigenvalue weighted by Crippen LogP contribution is -2.12. The minimum atomic E-state index is -1.06. The van der Waals surface area contributed by atoms with E-state index in [4.69, 9.17) is 19.3 Å². The second kappa shape index (κ2) is 10.1. The molecule has 0 saturated carbocycles. The number of nitrogens with one attached hydrogen (secondary N) is 1. The average molecular weight is 373 g/mol. The molecule has 7 nitrogen and oxygen atoms in total. The minimum absolute atomic E-state index is 0.127. The van der Waals surface area contributed by atoms with E-state index in [0.29, 0.717) is 30.7 Å². The number of carbonyl (C=O) groups excluding carboxylic acids is 1. The van der Waals surface area contributed by atoms with E-state index >= 15 is 0 Å². The van der Waals surface area contributed by atoms with E-state index in [-0.39, 0.29) is 5.91 Å². The summed E-state index contributed by atoms with van der Waals surface area (Å²) in [5.74, 6) is 0.658. The van der Waals surface area contributed by atoms with Gasteiger partial charge in [-0.25, -0.2) is 4.79 Å². The zero-order valence-corrected chi connectivity index (χ0v) is 15.4. The molecule has 0 aliphatic heterocycles. The number of hydrogen-bond donors (Lipinski definition) is 2. The van der Waals surface area contributed by atoms with Crippen molar-refractivity contribution in [1.82, 2.24) is 0 Å². The zero-order valence-electron chi connectivity index (χ0n) is 15.4. The van der Waals surface area contributed by atoms with Crippen LogP contribution in [0.5, 0.6) is 17.2 Å². The smallest absolute Gasteiger partial charge is 0.341 e. The van der Waals surface area contributed by atoms with Gasteiger partial charge >= 0.3 is 5.97 Å². The van der Waals surface area contributed by atoms with Crippen molar-refractivity contribution in [2.45, 2.75) is 19.3 Å². The molecular weight excluding hydrogens is 350 g/mol. The van der Waals surface area contributed by atoms with E-state index in [0.717, 1.165) is 17.1 Å². The van der Waals surface area contributed by atoms with Crippen molar-refractivity contribution in [3.63, 3.8) is 0 Å². The Balaban J connectivity index is 1.84. The molecule has 0 aliphatic rings. The molecule has 0 atom stereocenters. The van der Waals surface area contributed by atoms with Crippen LogP contribution in [0.25, 0.3) is 0 Å². The van der Waals surface area contributed by atoms with Gasteiger partial charge in [-0.2, -0.15) is 0 Å². The number of methoxy groups -OCH3 is 2. The zero-order chi connectivity index (χ0) is 19.6. The van der Waals surface area contributed by atoms with Gasteiger partial charge in [0.15, 0.2) is 6.61 Å². The summed E-state index contributed by atoms with van der Waals surface area (Å²) in [4.78, 5) is 22.7. The molecule has 0 bridgehead atoms. The van der Waals surface area contributed by atoms with Crippen LogP contribution >= 0.6 is 0 Å². The minimum Gasteiger partial charge on any atom is -0.497 e. The Hall–Kier alpha value is -3.22. The van der Waals surface area contributed by atoms with Crippen molar-refractivity contribution < 1.29 is 28.9 Å². The first-order chi connectivity index (χ1) is 13.0. The van der Waals surface area contributed by atoms with Crippen molar-refractivity contribution in [1.29, 1.82) is 0 Å². The lowest BCUT2D eigenvalue weighted by atomic mass is 10.1. The molecule has 2 aromatic carbocycles. The fourth-order valence-electron chi connectivity index (χ4n) is 2.53. The van der Waals surface area contributed by atoms with Crippen LogP contribution in [0.15, 0.2) is 42.5 Å². The standard InChI is InChI=1S/C20H23NO6/c1-25-16-10-9-14(18(12-16)26-2)5-3-8-19(22)21-15-6-4-7-17(11-15)27-13-20(23)24/h4,6-7,9-12H,3,5,8,13H2,1-2H3,(H,21,22)(H,23,24). The van der Waals surface area contributed by atoms with Crippen LogP contribution in [0, 0.1) is 0 Å². The highest BCUT2D eigenvalue weighted by Crippen LogP contribution is 2.26. The molecule has 0 saturated heterocycles. The fourth-order valence-corrected chi connectivity index (χ4v) is 2.53. The van der Waals surface area contributed by atoms with Crippen molar-refractivity contribution >= 4 is 17.6 Å². The molecule has 0 spiro atoms. The number of ether oxygens (including phenoxy) is 3. The first-order valence-electron chi connectivity index (χ1n) is 8.47. The summed E-state index contributed by atoms with van der Waals surface area (Å²) in [6, 6.07) is 12.2. The highest BCUT2D eigenvalue weighted by molar-refractivity contribution is 5.90. The number of carboxylic acids is 1. The van der Waals surface area contributed by atoms with Gasteiger partial charge < -0.3 is 24.6 Å². The Labute approximate surface area is 157 Å². The van der Waals surface area contributed by atoms with Crippen molar-refractivity contribution in [2.24, 2.45) is 0 Å². The van der Waals surface area contributed by atoms with Gasteiger partial charge in [-0.15, -0.1) is 0 Å². The lowest BCUT2D eigenvalue weighted by Gasteiger charge is -2.11. The quantitative estimate of drug-likeness (QED) is 0.664. The Morgan fingerprint density at radius 3 is 2.56 bits per heavy atom. The van der Waals surface area contributed by atoms with Crippen LogP contribution < -0.4 is 19.5 Å². The Bertz CT molecular complexity index is 790. The van der Waals surface area contributed by atoms with Gasteiger partial charge in [-0.1, -0.05) is 12.1 Å². The highest BCUT2D eigenvalue weighted by atomic mass is 16.5. The van der Waals surface area contributed by atoms with E-state index < -0.39 is 12.6 Å². The summed E-state index contributed by atoms with van der Waals surface area (Å²) in [7, 11) is 3.20. The molecule has 2 rings (SSSR count). The summed E-state index contributed by atoms with van der Waals surface area (Å²) in [6.45, 7) is -0.429. The summed E-state index contributed by atoms with van der Waals surface area (Å²) in [5.41, 5.74) is 1.57. The predicted molar refractivity (Wildman–Crippen MR) is 101 cm³/mol. The number of carboxylic acid groups (broad SMARTS) is 1. The van der Waals surface area contributed by atoms with E-state index in [1.54, 1.807) is 38.5 Å². The van der Waals surface area contributed by atoms with Gasteiger partial charge in [0, 0.05) is 24.2 Å². The predicted octanol–water partition coefficient (Wildman–Crippen LogP) is 3.13. The molecule has 1 amide bonds. The molecule has 0 aromatic heterocycles. The monoisotopic (exact) mass is 373 g/mol. The van der Waals surface area contributed by atoms with Crippen molar-refractivity contribution in [3.8, 4) is 17.2 Å². The normalized spacial score (nSPS) is 10.1. The number of anilines is 1. The van der Waals surface area contributed by atoms with E-state index in [2.05, 4.69) is 5.32 Å². The Morgan fingerprint density at radius 1 is 1.04 bits per heavy atom. The van der Waals surface area contributed by atoms with Crippen molar-refractivity contribution in [2.75, 3.05) is 26.1 Å². The molecule has 2 aromatic rings. The maximum Gasteiger partial charge on any atom is 0.341 e. The number of aryl methyl sites for hydroxylation is 1. The first kappa shape index (κ1) is 20.1. The first-order valence-corrected chi connectivity index (χ1v) is 8.47. The van der Waals surface area contributed by atoms with Gasteiger partial charge in [0.2, 0.25) is 5.91 Å². The maximum absolute atomic E-state index is 12.1. The number of amides is 1. The van der Waals surface area contributed by atoms with E-state index in [1.165, 1.54) is 0 Å². The van der Waals surface area contributed by atoms with Crippen molar-refractivity contribution in [3.05, 3.63) is 48.0 Å². The topological polar surface area (TPSA) is 94.1 Å². The fraction of sp³-hybridized carbons (Fsp3) is 0.300. The van der Waals surface area contributed by atoms with Crippen LogP contribution in [0.1, 0.15) is 18.4 Å². The number of rotatable bonds is 10. The molecule has 27 heavy (non-hydrogen) atoms. The van der Waals surface area contributed by atoms with E-state index in [1.807, 2.05) is 18.2 Å². The summed E-state index contributed by atoms with van der Waals surface area (Å²) >= 11 is 0. The van der Waals surface area contributed by atoms with Crippen LogP contribution in [-0.4, -0.2) is 37.8 Å². The third kappa shape index (κ3) is 6.54. The van der Waals surface area contributed by atoms with E-state index in [9.17, 15) is 9.59 Å². The molecule has 144 valence electrons. The highest BCUT2D eigenvalue weighted by Gasteiger charge is 2.08. The van der Waals surface area contributed by atoms with Gasteiger partial charge in [-0.3, -0.25) is 4.79 Å². The third-order valence-corrected chi connectivity index (χ3v) is 3.82. The molecule has 0 unspecified atom stereocenters. The maximum atomic E-state index is 12.1. The molecule has 0 aliphatic carbocycles. The molecular formula is C20H23NO6. The van der Waals surface area contributed by atoms with Crippen LogP contribution in [0.4, 0.5) is 5.69 Å². The number of aliphatic carboxylic acids is 1.